The summed E-state index contributed by atoms with van der Waals surface area (Å²) in [4.78, 5) is 12.1. The van der Waals surface area contributed by atoms with Crippen LogP contribution < -0.4 is 19.9 Å². The number of hydrogen-bond donors (Lipinski definition) is 2. The van der Waals surface area contributed by atoms with Crippen LogP contribution in [0.4, 0.5) is 4.39 Å². The lowest BCUT2D eigenvalue weighted by Gasteiger charge is -2.17. The molecule has 0 bridgehead atoms. The molecule has 9 heteroatoms. The van der Waals surface area contributed by atoms with E-state index in [1.54, 1.807) is 25.1 Å². The van der Waals surface area contributed by atoms with Crippen molar-refractivity contribution in [1.29, 1.82) is 0 Å². The van der Waals surface area contributed by atoms with Crippen molar-refractivity contribution in [2.45, 2.75) is 24.3 Å². The second-order valence-electron chi connectivity index (χ2n) is 6.14. The molecule has 1 atom stereocenters. The van der Waals surface area contributed by atoms with Gasteiger partial charge in [-0.3, -0.25) is 4.79 Å². The minimum Gasteiger partial charge on any atom is -0.490 e. The minimum atomic E-state index is -4.05. The average Bonchev–Trinajstić information content (AvgIpc) is 2.85. The molecule has 3 rings (SSSR count). The molecule has 7 nitrogen and oxygen atoms in total. The fourth-order valence-corrected chi connectivity index (χ4v) is 3.20. The highest BCUT2D eigenvalue weighted by Crippen LogP contribution is 2.32. The monoisotopic (exact) mass is 394 g/mol. The van der Waals surface area contributed by atoms with E-state index in [9.17, 15) is 17.6 Å². The number of nitrogens with two attached hydrogens (primary N) is 1. The van der Waals surface area contributed by atoms with Gasteiger partial charge in [0.2, 0.25) is 10.0 Å². The molecule has 0 unspecified atom stereocenters. The number of ether oxygens (including phenoxy) is 2. The van der Waals surface area contributed by atoms with Gasteiger partial charge in [0.15, 0.2) is 11.5 Å². The molecule has 1 aliphatic heterocycles. The van der Waals surface area contributed by atoms with Crippen LogP contribution in [-0.4, -0.2) is 27.5 Å². The summed E-state index contributed by atoms with van der Waals surface area (Å²) < 4.78 is 48.0. The first-order chi connectivity index (χ1) is 12.8. The van der Waals surface area contributed by atoms with E-state index in [1.807, 2.05) is 0 Å². The molecule has 1 amide bonds. The number of primary sulfonamides is 1. The number of fused-ring (bicyclic) bond motifs is 1. The summed E-state index contributed by atoms with van der Waals surface area (Å²) in [6.07, 6.45) is 0.774. The largest absolute Gasteiger partial charge is 0.490 e. The number of sulfonamides is 1. The van der Waals surface area contributed by atoms with Gasteiger partial charge in [0, 0.05) is 6.42 Å². The second kappa shape index (κ2) is 7.53. The Labute approximate surface area is 156 Å². The van der Waals surface area contributed by atoms with Crippen molar-refractivity contribution >= 4 is 15.9 Å². The summed E-state index contributed by atoms with van der Waals surface area (Å²) in [6.45, 7) is 2.82. The maximum absolute atomic E-state index is 14.0. The first-order valence-electron chi connectivity index (χ1n) is 8.28. The van der Waals surface area contributed by atoms with Gasteiger partial charge in [0.1, 0.15) is 5.82 Å². The summed E-state index contributed by atoms with van der Waals surface area (Å²) in [5.74, 6) is -0.390. The Bertz CT molecular complexity index is 978. The molecule has 1 heterocycles. The highest BCUT2D eigenvalue weighted by atomic mass is 32.2. The van der Waals surface area contributed by atoms with Gasteiger partial charge in [-0.15, -0.1) is 0 Å². The van der Waals surface area contributed by atoms with E-state index >= 15 is 0 Å². The third kappa shape index (κ3) is 4.37. The van der Waals surface area contributed by atoms with Gasteiger partial charge in [-0.2, -0.15) is 0 Å². The van der Waals surface area contributed by atoms with E-state index in [4.69, 9.17) is 14.6 Å². The molecule has 0 fully saturated rings. The zero-order valence-electron chi connectivity index (χ0n) is 14.6. The van der Waals surface area contributed by atoms with Crippen LogP contribution in [0.15, 0.2) is 41.3 Å². The molecule has 0 saturated heterocycles. The Hall–Kier alpha value is -2.65. The van der Waals surface area contributed by atoms with Gasteiger partial charge in [-0.25, -0.2) is 17.9 Å². The van der Waals surface area contributed by atoms with Crippen molar-refractivity contribution in [1.82, 2.24) is 5.32 Å². The van der Waals surface area contributed by atoms with Crippen molar-refractivity contribution in [3.05, 3.63) is 53.3 Å². The summed E-state index contributed by atoms with van der Waals surface area (Å²) in [6, 6.07) is 7.62. The molecular weight excluding hydrogens is 375 g/mol. The molecule has 27 heavy (non-hydrogen) atoms. The third-order valence-electron chi connectivity index (χ3n) is 4.13. The van der Waals surface area contributed by atoms with Crippen LogP contribution in [0, 0.1) is 5.82 Å². The lowest BCUT2D eigenvalue weighted by molar-refractivity contribution is 0.0935. The molecule has 0 aromatic heterocycles. The quantitative estimate of drug-likeness (QED) is 0.826. The smallest absolute Gasteiger partial charge is 0.254 e. The molecule has 1 aliphatic rings. The fourth-order valence-electron chi connectivity index (χ4n) is 2.66. The Balaban J connectivity index is 1.81. The summed E-state index contributed by atoms with van der Waals surface area (Å²) in [5, 5.41) is 7.68. The maximum atomic E-state index is 14.0. The third-order valence-corrected chi connectivity index (χ3v) is 5.04. The topological polar surface area (TPSA) is 108 Å². The van der Waals surface area contributed by atoms with Crippen LogP contribution in [0.1, 0.15) is 35.3 Å². The van der Waals surface area contributed by atoms with Crippen LogP contribution in [0.3, 0.4) is 0 Å². The number of nitrogens with one attached hydrogen (secondary N) is 1. The lowest BCUT2D eigenvalue weighted by atomic mass is 10.1. The Morgan fingerprint density at radius 1 is 1.15 bits per heavy atom. The number of benzene rings is 2. The maximum Gasteiger partial charge on any atom is 0.254 e. The van der Waals surface area contributed by atoms with Crippen LogP contribution in [-0.2, 0) is 10.0 Å². The van der Waals surface area contributed by atoms with Gasteiger partial charge in [-0.1, -0.05) is 6.07 Å². The predicted octanol–water partition coefficient (Wildman–Crippen LogP) is 2.13. The van der Waals surface area contributed by atoms with Gasteiger partial charge in [0.25, 0.3) is 5.91 Å². The molecule has 0 spiro atoms. The van der Waals surface area contributed by atoms with E-state index in [0.29, 0.717) is 24.7 Å². The van der Waals surface area contributed by atoms with Crippen molar-refractivity contribution in [3.8, 4) is 11.5 Å². The minimum absolute atomic E-state index is 0.336. The SMILES string of the molecule is C[C@@H](NC(=O)c1cc(S(N)(=O)=O)ccc1F)c1ccc2c(c1)OCCCO2. The van der Waals surface area contributed by atoms with Gasteiger partial charge < -0.3 is 14.8 Å². The Kier molecular flexibility index (Phi) is 5.33. The fraction of sp³-hybridized carbons (Fsp3) is 0.278. The zero-order valence-corrected chi connectivity index (χ0v) is 15.4. The molecule has 0 radical (unpaired) electrons. The first-order valence-corrected chi connectivity index (χ1v) is 9.83. The Morgan fingerprint density at radius 3 is 2.56 bits per heavy atom. The van der Waals surface area contributed by atoms with E-state index in [2.05, 4.69) is 5.32 Å². The molecule has 2 aromatic rings. The molecule has 3 N–H and O–H groups in total. The van der Waals surface area contributed by atoms with Crippen LogP contribution in [0.2, 0.25) is 0 Å². The van der Waals surface area contributed by atoms with Crippen LogP contribution in [0.25, 0.3) is 0 Å². The van der Waals surface area contributed by atoms with Crippen molar-refractivity contribution in [2.75, 3.05) is 13.2 Å². The van der Waals surface area contributed by atoms with Gasteiger partial charge >= 0.3 is 0 Å². The average molecular weight is 394 g/mol. The summed E-state index contributed by atoms with van der Waals surface area (Å²) in [7, 11) is -4.05. The van der Waals surface area contributed by atoms with E-state index in [1.165, 1.54) is 0 Å². The Morgan fingerprint density at radius 2 is 1.85 bits per heavy atom. The number of halogens is 1. The number of hydrogen-bond acceptors (Lipinski definition) is 5. The van der Waals surface area contributed by atoms with E-state index in [0.717, 1.165) is 30.2 Å². The number of rotatable bonds is 4. The van der Waals surface area contributed by atoms with E-state index < -0.39 is 33.4 Å². The normalized spacial score (nSPS) is 14.9. The first kappa shape index (κ1) is 19.1. The highest BCUT2D eigenvalue weighted by Gasteiger charge is 2.20. The van der Waals surface area contributed by atoms with Gasteiger partial charge in [0.05, 0.1) is 29.7 Å². The molecule has 0 saturated carbocycles. The number of carbonyl (C=O) groups excluding carboxylic acids is 1. The van der Waals surface area contributed by atoms with E-state index in [-0.39, 0.29) is 4.90 Å². The van der Waals surface area contributed by atoms with Crippen molar-refractivity contribution < 1.29 is 27.1 Å². The molecular formula is C18H19FN2O5S. The highest BCUT2D eigenvalue weighted by molar-refractivity contribution is 7.89. The molecule has 144 valence electrons. The summed E-state index contributed by atoms with van der Waals surface area (Å²) >= 11 is 0. The van der Waals surface area contributed by atoms with Crippen molar-refractivity contribution in [3.63, 3.8) is 0 Å². The second-order valence-corrected chi connectivity index (χ2v) is 7.70. The molecule has 2 aromatic carbocycles. The predicted molar refractivity (Wildman–Crippen MR) is 95.7 cm³/mol. The summed E-state index contributed by atoms with van der Waals surface area (Å²) in [5.41, 5.74) is 0.332. The van der Waals surface area contributed by atoms with Crippen LogP contribution in [0.5, 0.6) is 11.5 Å². The zero-order chi connectivity index (χ0) is 19.6. The number of amides is 1. The van der Waals surface area contributed by atoms with Crippen molar-refractivity contribution in [2.24, 2.45) is 5.14 Å². The van der Waals surface area contributed by atoms with Gasteiger partial charge in [-0.05, 0) is 42.8 Å². The molecule has 0 aliphatic carbocycles. The number of carbonyl (C=O) groups is 1. The lowest BCUT2D eigenvalue weighted by Crippen LogP contribution is -2.28. The standard InChI is InChI=1S/C18H19FN2O5S/c1-11(12-3-6-16-17(9-12)26-8-2-7-25-16)21-18(22)14-10-13(27(20,23)24)4-5-15(14)19/h3-6,9-11H,2,7-8H2,1H3,(H,21,22)(H2,20,23,24)/t11-/m1/s1. The van der Waals surface area contributed by atoms with Crippen LogP contribution >= 0.6 is 0 Å².